The van der Waals surface area contributed by atoms with E-state index in [1.807, 2.05) is 0 Å². The van der Waals surface area contributed by atoms with Crippen LogP contribution in [0.25, 0.3) is 11.0 Å². The molecule has 1 saturated heterocycles. The lowest BCUT2D eigenvalue weighted by molar-refractivity contribution is -1.01. The van der Waals surface area contributed by atoms with Crippen LogP contribution in [-0.2, 0) is 6.54 Å². The van der Waals surface area contributed by atoms with Crippen molar-refractivity contribution in [3.63, 3.8) is 0 Å². The zero-order valence-corrected chi connectivity index (χ0v) is 19.8. The van der Waals surface area contributed by atoms with Gasteiger partial charge < -0.3 is 53.6 Å². The Kier molecular flexibility index (Phi) is 8.81. The highest BCUT2D eigenvalue weighted by molar-refractivity contribution is 6.18. The third-order valence-corrected chi connectivity index (χ3v) is 5.96. The smallest absolute Gasteiger partial charge is 0.200 e. The Labute approximate surface area is 199 Å². The van der Waals surface area contributed by atoms with E-state index in [-0.39, 0.29) is 36.3 Å². The summed E-state index contributed by atoms with van der Waals surface area (Å²) in [7, 11) is 5.28. The molecule has 1 aliphatic heterocycles. The van der Waals surface area contributed by atoms with Gasteiger partial charge in [-0.2, -0.15) is 0 Å². The van der Waals surface area contributed by atoms with Gasteiger partial charge in [-0.25, -0.2) is 0 Å². The predicted octanol–water partition coefficient (Wildman–Crippen LogP) is -5.69. The summed E-state index contributed by atoms with van der Waals surface area (Å²) in [4.78, 5) is 16.4. The Morgan fingerprint density at radius 3 is 2.41 bits per heavy atom. The lowest BCUT2D eigenvalue weighted by Crippen LogP contribution is -3.26. The SMILES string of the molecule is COc1ccc(OC)c(C(=O)c2coc3ccc(O)c(C[NH+]4CC[NH+](C)CC4)c23)c1.[Cl-].[Cl-]. The van der Waals surface area contributed by atoms with Crippen LogP contribution >= 0.6 is 0 Å². The van der Waals surface area contributed by atoms with Gasteiger partial charge in [-0.05, 0) is 30.3 Å². The van der Waals surface area contributed by atoms with E-state index in [0.717, 1.165) is 31.7 Å². The Bertz CT molecular complexity index is 1080. The minimum absolute atomic E-state index is 0. The Morgan fingerprint density at radius 2 is 1.75 bits per heavy atom. The molecule has 0 radical (unpaired) electrons. The van der Waals surface area contributed by atoms with Crippen LogP contribution in [0.2, 0.25) is 0 Å². The molecule has 0 aliphatic carbocycles. The third-order valence-electron chi connectivity index (χ3n) is 5.96. The number of ketones is 1. The minimum atomic E-state index is -0.228. The molecule has 3 aromatic rings. The van der Waals surface area contributed by atoms with E-state index < -0.39 is 0 Å². The van der Waals surface area contributed by atoms with Gasteiger partial charge in [0.05, 0.1) is 38.0 Å². The number of fused-ring (bicyclic) bond motifs is 1. The maximum atomic E-state index is 13.5. The molecule has 32 heavy (non-hydrogen) atoms. The van der Waals surface area contributed by atoms with E-state index in [2.05, 4.69) is 7.05 Å². The second-order valence-corrected chi connectivity index (χ2v) is 7.86. The number of likely N-dealkylation sites (N-methyl/N-ethyl adjacent to an activating group) is 1. The van der Waals surface area contributed by atoms with Crippen molar-refractivity contribution >= 4 is 16.8 Å². The van der Waals surface area contributed by atoms with Gasteiger partial charge in [-0.1, -0.05) is 0 Å². The topological polar surface area (TPSA) is 77.8 Å². The van der Waals surface area contributed by atoms with Crippen molar-refractivity contribution in [1.29, 1.82) is 0 Å². The highest BCUT2D eigenvalue weighted by atomic mass is 35.5. The molecule has 2 aromatic carbocycles. The number of methoxy groups -OCH3 is 2. The maximum Gasteiger partial charge on any atom is 0.200 e. The van der Waals surface area contributed by atoms with Crippen LogP contribution < -0.4 is 44.1 Å². The first-order valence-electron chi connectivity index (χ1n) is 10.2. The highest BCUT2D eigenvalue weighted by Crippen LogP contribution is 2.34. The van der Waals surface area contributed by atoms with Crippen LogP contribution in [0, 0.1) is 0 Å². The Hall–Kier alpha value is -2.45. The molecule has 4 rings (SSSR count). The molecule has 0 bridgehead atoms. The largest absolute Gasteiger partial charge is 1.00 e. The first-order chi connectivity index (χ1) is 14.5. The monoisotopic (exact) mass is 482 g/mol. The van der Waals surface area contributed by atoms with Gasteiger partial charge in [0, 0.05) is 5.39 Å². The van der Waals surface area contributed by atoms with Crippen molar-refractivity contribution in [3.05, 3.63) is 53.3 Å². The van der Waals surface area contributed by atoms with Crippen molar-refractivity contribution in [2.75, 3.05) is 47.4 Å². The number of benzene rings is 2. The number of piperazine rings is 1. The predicted molar refractivity (Wildman–Crippen MR) is 112 cm³/mol. The Balaban J connectivity index is 0.00000181. The number of hydrogen-bond acceptors (Lipinski definition) is 5. The fourth-order valence-electron chi connectivity index (χ4n) is 4.13. The molecule has 0 saturated carbocycles. The average Bonchev–Trinajstić information content (AvgIpc) is 3.20. The van der Waals surface area contributed by atoms with Crippen LogP contribution in [0.15, 0.2) is 41.0 Å². The van der Waals surface area contributed by atoms with Gasteiger partial charge in [0.25, 0.3) is 0 Å². The van der Waals surface area contributed by atoms with Gasteiger partial charge in [0.1, 0.15) is 61.8 Å². The summed E-state index contributed by atoms with van der Waals surface area (Å²) in [5.41, 5.74) is 2.15. The molecule has 9 heteroatoms. The number of carbonyl (C=O) groups excluding carboxylic acids is 1. The van der Waals surface area contributed by atoms with E-state index in [9.17, 15) is 9.90 Å². The quantitative estimate of drug-likeness (QED) is 0.305. The zero-order valence-electron chi connectivity index (χ0n) is 18.3. The fraction of sp³-hybridized carbons (Fsp3) is 0.348. The minimum Gasteiger partial charge on any atom is -1.00 e. The van der Waals surface area contributed by atoms with Crippen molar-refractivity contribution in [3.8, 4) is 17.2 Å². The fourth-order valence-corrected chi connectivity index (χ4v) is 4.13. The normalized spacial score (nSPS) is 17.8. The lowest BCUT2D eigenvalue weighted by atomic mass is 9.97. The van der Waals surface area contributed by atoms with E-state index in [1.165, 1.54) is 23.2 Å². The van der Waals surface area contributed by atoms with E-state index in [0.29, 0.717) is 40.1 Å². The number of ether oxygens (including phenoxy) is 2. The van der Waals surface area contributed by atoms with Crippen LogP contribution in [-0.4, -0.2) is 58.3 Å². The number of aromatic hydroxyl groups is 1. The van der Waals surface area contributed by atoms with Crippen LogP contribution in [0.1, 0.15) is 21.5 Å². The molecule has 1 aromatic heterocycles. The van der Waals surface area contributed by atoms with E-state index in [1.54, 1.807) is 37.4 Å². The van der Waals surface area contributed by atoms with Crippen LogP contribution in [0.4, 0.5) is 0 Å². The summed E-state index contributed by atoms with van der Waals surface area (Å²) in [5, 5.41) is 11.3. The number of quaternary nitrogens is 2. The third kappa shape index (κ3) is 4.96. The second-order valence-electron chi connectivity index (χ2n) is 7.86. The summed E-state index contributed by atoms with van der Waals surface area (Å²) >= 11 is 0. The molecular formula is C23H28Cl2N2O5. The molecule has 7 nitrogen and oxygen atoms in total. The van der Waals surface area contributed by atoms with Crippen molar-refractivity contribution < 1.29 is 58.4 Å². The zero-order chi connectivity index (χ0) is 21.3. The molecule has 0 spiro atoms. The standard InChI is InChI=1S/C23H26N2O5.2ClH/c1-24-8-10-25(11-9-24)13-17-19(26)5-7-21-22(17)18(14-30-21)23(27)16-12-15(28-2)4-6-20(16)29-3;;/h4-7,12,14,26H,8-11,13H2,1-3H3;2*1H. The number of phenols is 1. The van der Waals surface area contributed by atoms with Crippen LogP contribution in [0.5, 0.6) is 17.2 Å². The molecule has 0 atom stereocenters. The average molecular weight is 483 g/mol. The number of halogens is 2. The van der Waals surface area contributed by atoms with Crippen LogP contribution in [0.3, 0.4) is 0 Å². The number of carbonyl (C=O) groups is 1. The van der Waals surface area contributed by atoms with Crippen molar-refractivity contribution in [2.24, 2.45) is 0 Å². The first kappa shape index (κ1) is 25.8. The van der Waals surface area contributed by atoms with Gasteiger partial charge in [0.2, 0.25) is 5.78 Å². The lowest BCUT2D eigenvalue weighted by Gasteiger charge is -2.27. The molecule has 3 N–H and O–H groups in total. The Morgan fingerprint density at radius 1 is 1.03 bits per heavy atom. The molecule has 174 valence electrons. The number of rotatable bonds is 6. The molecule has 1 fully saturated rings. The van der Waals surface area contributed by atoms with E-state index in [4.69, 9.17) is 13.9 Å². The molecule has 0 unspecified atom stereocenters. The number of furan rings is 1. The number of nitrogens with one attached hydrogen (secondary N) is 2. The second kappa shape index (κ2) is 10.9. The molecule has 1 aliphatic rings. The van der Waals surface area contributed by atoms with Gasteiger partial charge in [0.15, 0.2) is 0 Å². The maximum absolute atomic E-state index is 13.5. The summed E-state index contributed by atoms with van der Waals surface area (Å²) in [6.45, 7) is 4.86. The van der Waals surface area contributed by atoms with Gasteiger partial charge in [-0.3, -0.25) is 4.79 Å². The summed E-state index contributed by atoms with van der Waals surface area (Å²) in [6.07, 6.45) is 1.47. The number of hydrogen-bond donors (Lipinski definition) is 3. The van der Waals surface area contributed by atoms with Gasteiger partial charge >= 0.3 is 0 Å². The number of phenolic OH excluding ortho intramolecular Hbond substituents is 1. The molecule has 2 heterocycles. The van der Waals surface area contributed by atoms with E-state index >= 15 is 0 Å². The summed E-state index contributed by atoms with van der Waals surface area (Å²) < 4.78 is 16.4. The molecule has 0 amide bonds. The summed E-state index contributed by atoms with van der Waals surface area (Å²) in [5.74, 6) is 0.993. The molecular weight excluding hydrogens is 455 g/mol. The first-order valence-corrected chi connectivity index (χ1v) is 10.2. The van der Waals surface area contributed by atoms with Crippen molar-refractivity contribution in [2.45, 2.75) is 6.54 Å². The van der Waals surface area contributed by atoms with Crippen molar-refractivity contribution in [1.82, 2.24) is 0 Å². The van der Waals surface area contributed by atoms with Gasteiger partial charge in [-0.15, -0.1) is 0 Å². The summed E-state index contributed by atoms with van der Waals surface area (Å²) in [6, 6.07) is 8.47. The highest BCUT2D eigenvalue weighted by Gasteiger charge is 2.27.